The molecule has 0 heterocycles. The van der Waals surface area contributed by atoms with E-state index in [1.807, 2.05) is 6.07 Å². The standard InChI is InChI=1S/C13H8F2N2O/c14-9-4-5-10(15)12(6-9)18-11-3-1-2-8(7-16)13(11)17/h1-6H,17H2. The molecule has 0 unspecified atom stereocenters. The summed E-state index contributed by atoms with van der Waals surface area (Å²) < 4.78 is 31.5. The summed E-state index contributed by atoms with van der Waals surface area (Å²) in [5, 5.41) is 8.79. The largest absolute Gasteiger partial charge is 0.452 e. The minimum atomic E-state index is -0.710. The lowest BCUT2D eigenvalue weighted by molar-refractivity contribution is 0.438. The highest BCUT2D eigenvalue weighted by Crippen LogP contribution is 2.31. The molecule has 0 saturated carbocycles. The first-order valence-corrected chi connectivity index (χ1v) is 5.03. The molecule has 2 aromatic carbocycles. The van der Waals surface area contributed by atoms with E-state index in [9.17, 15) is 8.78 Å². The van der Waals surface area contributed by atoms with Crippen LogP contribution in [0.15, 0.2) is 36.4 Å². The number of nitrogen functional groups attached to an aromatic ring is 1. The number of nitriles is 1. The number of ether oxygens (including phenoxy) is 1. The van der Waals surface area contributed by atoms with Crippen molar-refractivity contribution in [1.29, 1.82) is 5.26 Å². The molecule has 0 aliphatic rings. The Labute approximate surface area is 102 Å². The van der Waals surface area contributed by atoms with E-state index in [1.54, 1.807) is 6.07 Å². The smallest absolute Gasteiger partial charge is 0.166 e. The van der Waals surface area contributed by atoms with Crippen molar-refractivity contribution >= 4 is 5.69 Å². The van der Waals surface area contributed by atoms with E-state index in [0.29, 0.717) is 0 Å². The van der Waals surface area contributed by atoms with Crippen LogP contribution in [0.3, 0.4) is 0 Å². The molecule has 0 spiro atoms. The number of nitrogens with zero attached hydrogens (tertiary/aromatic N) is 1. The zero-order valence-corrected chi connectivity index (χ0v) is 9.15. The van der Waals surface area contributed by atoms with Gasteiger partial charge < -0.3 is 10.5 Å². The van der Waals surface area contributed by atoms with Gasteiger partial charge in [0, 0.05) is 6.07 Å². The fourth-order valence-electron chi connectivity index (χ4n) is 1.40. The Morgan fingerprint density at radius 1 is 1.11 bits per heavy atom. The van der Waals surface area contributed by atoms with Gasteiger partial charge in [0.25, 0.3) is 0 Å². The third-order valence-corrected chi connectivity index (χ3v) is 2.30. The SMILES string of the molecule is N#Cc1cccc(Oc2cc(F)ccc2F)c1N. The third-order valence-electron chi connectivity index (χ3n) is 2.30. The van der Waals surface area contributed by atoms with Gasteiger partial charge >= 0.3 is 0 Å². The predicted molar refractivity (Wildman–Crippen MR) is 62.0 cm³/mol. The maximum Gasteiger partial charge on any atom is 0.166 e. The Hall–Kier alpha value is -2.61. The van der Waals surface area contributed by atoms with Crippen LogP contribution in [0.4, 0.5) is 14.5 Å². The summed E-state index contributed by atoms with van der Waals surface area (Å²) in [6.07, 6.45) is 0. The van der Waals surface area contributed by atoms with E-state index < -0.39 is 11.6 Å². The highest BCUT2D eigenvalue weighted by atomic mass is 19.1. The molecule has 0 saturated heterocycles. The normalized spacial score (nSPS) is 9.83. The number of nitrogens with two attached hydrogens (primary N) is 1. The Morgan fingerprint density at radius 3 is 2.61 bits per heavy atom. The summed E-state index contributed by atoms with van der Waals surface area (Å²) in [4.78, 5) is 0. The Morgan fingerprint density at radius 2 is 1.89 bits per heavy atom. The van der Waals surface area contributed by atoms with Gasteiger partial charge in [0.1, 0.15) is 11.9 Å². The molecule has 0 bridgehead atoms. The number of hydrogen-bond donors (Lipinski definition) is 1. The minimum Gasteiger partial charge on any atom is -0.452 e. The summed E-state index contributed by atoms with van der Waals surface area (Å²) in [5.74, 6) is -1.50. The lowest BCUT2D eigenvalue weighted by Gasteiger charge is -2.09. The third kappa shape index (κ3) is 2.23. The van der Waals surface area contributed by atoms with Crippen molar-refractivity contribution in [3.8, 4) is 17.6 Å². The van der Waals surface area contributed by atoms with Crippen molar-refractivity contribution in [2.24, 2.45) is 0 Å². The molecule has 5 heteroatoms. The second-order valence-electron chi connectivity index (χ2n) is 3.51. The first-order valence-electron chi connectivity index (χ1n) is 5.03. The van der Waals surface area contributed by atoms with Crippen LogP contribution in [-0.4, -0.2) is 0 Å². The Kier molecular flexibility index (Phi) is 3.11. The molecule has 2 rings (SSSR count). The monoisotopic (exact) mass is 246 g/mol. The lowest BCUT2D eigenvalue weighted by Crippen LogP contribution is -1.96. The average molecular weight is 246 g/mol. The number of benzene rings is 2. The topological polar surface area (TPSA) is 59.0 Å². The van der Waals surface area contributed by atoms with E-state index in [-0.39, 0.29) is 22.7 Å². The van der Waals surface area contributed by atoms with Gasteiger partial charge in [-0.25, -0.2) is 8.78 Å². The van der Waals surface area contributed by atoms with E-state index in [4.69, 9.17) is 15.7 Å². The molecule has 0 fully saturated rings. The predicted octanol–water partition coefficient (Wildman–Crippen LogP) is 3.21. The van der Waals surface area contributed by atoms with Crippen molar-refractivity contribution in [3.05, 3.63) is 53.6 Å². The summed E-state index contributed by atoms with van der Waals surface area (Å²) in [5.41, 5.74) is 5.97. The molecule has 0 aliphatic carbocycles. The molecule has 3 nitrogen and oxygen atoms in total. The molecular formula is C13H8F2N2O. The maximum atomic E-state index is 13.4. The summed E-state index contributed by atoms with van der Waals surface area (Å²) in [6, 6.07) is 9.24. The highest BCUT2D eigenvalue weighted by molar-refractivity contribution is 5.63. The fourth-order valence-corrected chi connectivity index (χ4v) is 1.40. The van der Waals surface area contributed by atoms with Crippen LogP contribution in [-0.2, 0) is 0 Å². The molecule has 90 valence electrons. The first-order chi connectivity index (χ1) is 8.61. The second-order valence-corrected chi connectivity index (χ2v) is 3.51. The van der Waals surface area contributed by atoms with Gasteiger partial charge in [-0.3, -0.25) is 0 Å². The van der Waals surface area contributed by atoms with Crippen molar-refractivity contribution in [1.82, 2.24) is 0 Å². The Bertz CT molecular complexity index is 635. The highest BCUT2D eigenvalue weighted by Gasteiger charge is 2.10. The zero-order valence-electron chi connectivity index (χ0n) is 9.15. The van der Waals surface area contributed by atoms with Crippen molar-refractivity contribution in [2.75, 3.05) is 5.73 Å². The van der Waals surface area contributed by atoms with Crippen LogP contribution in [0.1, 0.15) is 5.56 Å². The second kappa shape index (κ2) is 4.72. The van der Waals surface area contributed by atoms with Crippen LogP contribution in [0.2, 0.25) is 0 Å². The molecule has 2 aromatic rings. The average Bonchev–Trinajstić information content (AvgIpc) is 2.36. The quantitative estimate of drug-likeness (QED) is 0.827. The zero-order chi connectivity index (χ0) is 13.1. The van der Waals surface area contributed by atoms with E-state index >= 15 is 0 Å². The number of para-hydroxylation sites is 1. The number of rotatable bonds is 2. The van der Waals surface area contributed by atoms with Gasteiger partial charge in [0.05, 0.1) is 11.3 Å². The maximum absolute atomic E-state index is 13.4. The number of anilines is 1. The summed E-state index contributed by atoms with van der Waals surface area (Å²) in [7, 11) is 0. The van der Waals surface area contributed by atoms with Gasteiger partial charge in [-0.2, -0.15) is 5.26 Å². The molecule has 0 aromatic heterocycles. The fraction of sp³-hybridized carbons (Fsp3) is 0. The molecule has 2 N–H and O–H groups in total. The van der Waals surface area contributed by atoms with Gasteiger partial charge in [-0.15, -0.1) is 0 Å². The van der Waals surface area contributed by atoms with Crippen molar-refractivity contribution in [2.45, 2.75) is 0 Å². The van der Waals surface area contributed by atoms with E-state index in [1.165, 1.54) is 12.1 Å². The van der Waals surface area contributed by atoms with E-state index in [2.05, 4.69) is 0 Å². The molecular weight excluding hydrogens is 238 g/mol. The summed E-state index contributed by atoms with van der Waals surface area (Å²) >= 11 is 0. The minimum absolute atomic E-state index is 0.0867. The molecule has 0 aliphatic heterocycles. The lowest BCUT2D eigenvalue weighted by atomic mass is 10.2. The number of halogens is 2. The van der Waals surface area contributed by atoms with Gasteiger partial charge in [-0.05, 0) is 24.3 Å². The molecule has 0 radical (unpaired) electrons. The van der Waals surface area contributed by atoms with Gasteiger partial charge in [0.2, 0.25) is 0 Å². The molecule has 18 heavy (non-hydrogen) atoms. The van der Waals surface area contributed by atoms with Gasteiger partial charge in [0.15, 0.2) is 17.3 Å². The van der Waals surface area contributed by atoms with Crippen LogP contribution >= 0.6 is 0 Å². The summed E-state index contributed by atoms with van der Waals surface area (Å²) in [6.45, 7) is 0. The van der Waals surface area contributed by atoms with Crippen LogP contribution in [0.5, 0.6) is 11.5 Å². The molecule has 0 amide bonds. The van der Waals surface area contributed by atoms with Crippen LogP contribution in [0, 0.1) is 23.0 Å². The van der Waals surface area contributed by atoms with E-state index in [0.717, 1.165) is 18.2 Å². The van der Waals surface area contributed by atoms with Crippen LogP contribution in [0.25, 0.3) is 0 Å². The number of hydrogen-bond acceptors (Lipinski definition) is 3. The molecule has 0 atom stereocenters. The van der Waals surface area contributed by atoms with Crippen molar-refractivity contribution < 1.29 is 13.5 Å². The first kappa shape index (κ1) is 11.9. The Balaban J connectivity index is 2.41. The van der Waals surface area contributed by atoms with Gasteiger partial charge in [-0.1, -0.05) is 6.07 Å². The van der Waals surface area contributed by atoms with Crippen molar-refractivity contribution in [3.63, 3.8) is 0 Å². The van der Waals surface area contributed by atoms with Crippen LogP contribution < -0.4 is 10.5 Å².